The van der Waals surface area contributed by atoms with Crippen LogP contribution in [-0.4, -0.2) is 42.8 Å². The molecule has 1 heterocycles. The zero-order chi connectivity index (χ0) is 12.7. The summed E-state index contributed by atoms with van der Waals surface area (Å²) >= 11 is 0. The zero-order valence-electron chi connectivity index (χ0n) is 11.4. The van der Waals surface area contributed by atoms with Crippen molar-refractivity contribution >= 4 is 6.09 Å². The van der Waals surface area contributed by atoms with Gasteiger partial charge in [0.1, 0.15) is 5.60 Å². The van der Waals surface area contributed by atoms with Crippen LogP contribution in [0.3, 0.4) is 0 Å². The van der Waals surface area contributed by atoms with Gasteiger partial charge in [-0.3, -0.25) is 0 Å². The second kappa shape index (κ2) is 6.84. The van der Waals surface area contributed by atoms with Crippen molar-refractivity contribution in [2.24, 2.45) is 0 Å². The summed E-state index contributed by atoms with van der Waals surface area (Å²) in [7, 11) is 0. The van der Waals surface area contributed by atoms with Crippen LogP contribution in [-0.2, 0) is 4.74 Å². The van der Waals surface area contributed by atoms with E-state index in [9.17, 15) is 4.79 Å². The van der Waals surface area contributed by atoms with Crippen molar-refractivity contribution in [3.05, 3.63) is 0 Å². The van der Waals surface area contributed by atoms with Gasteiger partial charge in [0.2, 0.25) is 0 Å². The highest BCUT2D eigenvalue weighted by molar-refractivity contribution is 5.68. The minimum Gasteiger partial charge on any atom is -0.444 e. The number of hydrogen-bond donors (Lipinski definition) is 1. The van der Waals surface area contributed by atoms with E-state index in [4.69, 9.17) is 4.74 Å². The maximum absolute atomic E-state index is 12.0. The van der Waals surface area contributed by atoms with Gasteiger partial charge in [-0.2, -0.15) is 0 Å². The molecule has 0 aromatic carbocycles. The fraction of sp³-hybridized carbons (Fsp3) is 0.923. The lowest BCUT2D eigenvalue weighted by Gasteiger charge is -2.28. The summed E-state index contributed by atoms with van der Waals surface area (Å²) in [4.78, 5) is 13.8. The van der Waals surface area contributed by atoms with E-state index in [0.29, 0.717) is 0 Å². The van der Waals surface area contributed by atoms with E-state index in [-0.39, 0.29) is 6.09 Å². The van der Waals surface area contributed by atoms with Crippen LogP contribution >= 0.6 is 0 Å². The van der Waals surface area contributed by atoms with Crippen molar-refractivity contribution < 1.29 is 9.53 Å². The zero-order valence-corrected chi connectivity index (χ0v) is 11.4. The summed E-state index contributed by atoms with van der Waals surface area (Å²) in [6, 6.07) is 0. The SMILES string of the molecule is CC(C)(C)OC(=O)N1CCCCNCCCC1. The Morgan fingerprint density at radius 1 is 1.06 bits per heavy atom. The lowest BCUT2D eigenvalue weighted by Crippen LogP contribution is -2.38. The van der Waals surface area contributed by atoms with Crippen molar-refractivity contribution in [1.29, 1.82) is 0 Å². The smallest absolute Gasteiger partial charge is 0.410 e. The van der Waals surface area contributed by atoms with Gasteiger partial charge in [0.25, 0.3) is 0 Å². The molecule has 1 saturated heterocycles. The highest BCUT2D eigenvalue weighted by Crippen LogP contribution is 2.11. The molecule has 1 amide bonds. The third-order valence-corrected chi connectivity index (χ3v) is 2.71. The Hall–Kier alpha value is -0.770. The molecule has 0 radical (unpaired) electrons. The van der Waals surface area contributed by atoms with Crippen LogP contribution in [0.25, 0.3) is 0 Å². The molecule has 1 N–H and O–H groups in total. The standard InChI is InChI=1S/C13H26N2O2/c1-13(2,3)17-12(16)15-10-6-4-8-14-9-5-7-11-15/h14H,4-11H2,1-3H3. The molecule has 4 heteroatoms. The molecule has 100 valence electrons. The van der Waals surface area contributed by atoms with Crippen LogP contribution in [0.4, 0.5) is 4.79 Å². The third kappa shape index (κ3) is 6.51. The second-order valence-electron chi connectivity index (χ2n) is 5.63. The predicted octanol–water partition coefficient (Wildman–Crippen LogP) is 2.39. The molecular formula is C13H26N2O2. The number of carbonyl (C=O) groups excluding carboxylic acids is 1. The summed E-state index contributed by atoms with van der Waals surface area (Å²) in [6.07, 6.45) is 4.18. The van der Waals surface area contributed by atoms with E-state index in [1.807, 2.05) is 25.7 Å². The lowest BCUT2D eigenvalue weighted by molar-refractivity contribution is 0.0242. The summed E-state index contributed by atoms with van der Waals surface area (Å²) in [6.45, 7) is 9.49. The number of amides is 1. The molecule has 1 rings (SSSR count). The Balaban J connectivity index is 2.43. The van der Waals surface area contributed by atoms with Crippen molar-refractivity contribution in [2.45, 2.75) is 52.1 Å². The van der Waals surface area contributed by atoms with Gasteiger partial charge in [-0.05, 0) is 59.5 Å². The number of hydrogen-bond acceptors (Lipinski definition) is 3. The Labute approximate surface area is 105 Å². The number of rotatable bonds is 0. The van der Waals surface area contributed by atoms with Gasteiger partial charge >= 0.3 is 6.09 Å². The van der Waals surface area contributed by atoms with Gasteiger partial charge in [0.05, 0.1) is 0 Å². The van der Waals surface area contributed by atoms with E-state index in [2.05, 4.69) is 5.32 Å². The average Bonchev–Trinajstić information content (AvgIpc) is 2.23. The van der Waals surface area contributed by atoms with E-state index in [0.717, 1.165) is 51.9 Å². The molecule has 1 aliphatic rings. The fourth-order valence-corrected chi connectivity index (χ4v) is 1.85. The lowest BCUT2D eigenvalue weighted by atomic mass is 10.2. The van der Waals surface area contributed by atoms with Gasteiger partial charge in [0.15, 0.2) is 0 Å². The topological polar surface area (TPSA) is 41.6 Å². The molecule has 0 saturated carbocycles. The summed E-state index contributed by atoms with van der Waals surface area (Å²) in [5.74, 6) is 0. The summed E-state index contributed by atoms with van der Waals surface area (Å²) in [5.41, 5.74) is -0.395. The van der Waals surface area contributed by atoms with Crippen LogP contribution in [0.5, 0.6) is 0 Å². The summed E-state index contributed by atoms with van der Waals surface area (Å²) in [5, 5.41) is 3.40. The minimum atomic E-state index is -0.395. The largest absolute Gasteiger partial charge is 0.444 e. The molecule has 0 atom stereocenters. The molecule has 0 bridgehead atoms. The first-order valence-electron chi connectivity index (χ1n) is 6.68. The Kier molecular flexibility index (Phi) is 5.75. The van der Waals surface area contributed by atoms with Gasteiger partial charge < -0.3 is 15.0 Å². The first-order chi connectivity index (χ1) is 7.99. The van der Waals surface area contributed by atoms with Crippen LogP contribution in [0, 0.1) is 0 Å². The van der Waals surface area contributed by atoms with Crippen molar-refractivity contribution in [3.8, 4) is 0 Å². The molecule has 1 fully saturated rings. The average molecular weight is 242 g/mol. The fourth-order valence-electron chi connectivity index (χ4n) is 1.85. The van der Waals surface area contributed by atoms with E-state index in [1.165, 1.54) is 0 Å². The molecule has 4 nitrogen and oxygen atoms in total. The Morgan fingerprint density at radius 3 is 2.06 bits per heavy atom. The number of nitrogens with one attached hydrogen (secondary N) is 1. The molecule has 0 aromatic rings. The first-order valence-corrected chi connectivity index (χ1v) is 6.68. The van der Waals surface area contributed by atoms with Gasteiger partial charge in [-0.25, -0.2) is 4.79 Å². The molecule has 0 aliphatic carbocycles. The quantitative estimate of drug-likeness (QED) is 0.709. The van der Waals surface area contributed by atoms with Gasteiger partial charge in [-0.1, -0.05) is 0 Å². The van der Waals surface area contributed by atoms with Crippen molar-refractivity contribution in [1.82, 2.24) is 10.2 Å². The number of ether oxygens (including phenoxy) is 1. The van der Waals surface area contributed by atoms with Crippen LogP contribution in [0.15, 0.2) is 0 Å². The minimum absolute atomic E-state index is 0.161. The summed E-state index contributed by atoms with van der Waals surface area (Å²) < 4.78 is 5.42. The molecule has 0 spiro atoms. The molecule has 0 aromatic heterocycles. The predicted molar refractivity (Wildman–Crippen MR) is 69.1 cm³/mol. The van der Waals surface area contributed by atoms with E-state index >= 15 is 0 Å². The van der Waals surface area contributed by atoms with Gasteiger partial charge in [-0.15, -0.1) is 0 Å². The molecule has 1 aliphatic heterocycles. The second-order valence-corrected chi connectivity index (χ2v) is 5.63. The highest BCUT2D eigenvalue weighted by Gasteiger charge is 2.21. The molecule has 0 unspecified atom stereocenters. The van der Waals surface area contributed by atoms with Crippen LogP contribution < -0.4 is 5.32 Å². The molecule has 17 heavy (non-hydrogen) atoms. The highest BCUT2D eigenvalue weighted by atomic mass is 16.6. The van der Waals surface area contributed by atoms with Crippen molar-refractivity contribution in [2.75, 3.05) is 26.2 Å². The monoisotopic (exact) mass is 242 g/mol. The van der Waals surface area contributed by atoms with E-state index < -0.39 is 5.60 Å². The normalized spacial score (nSPS) is 19.8. The Bertz CT molecular complexity index is 226. The number of carbonyl (C=O) groups is 1. The Morgan fingerprint density at radius 2 is 1.59 bits per heavy atom. The first kappa shape index (κ1) is 14.3. The van der Waals surface area contributed by atoms with Crippen LogP contribution in [0.1, 0.15) is 46.5 Å². The van der Waals surface area contributed by atoms with Crippen LogP contribution in [0.2, 0.25) is 0 Å². The third-order valence-electron chi connectivity index (χ3n) is 2.71. The maximum atomic E-state index is 12.0. The molecular weight excluding hydrogens is 216 g/mol. The van der Waals surface area contributed by atoms with Crippen molar-refractivity contribution in [3.63, 3.8) is 0 Å². The number of nitrogens with zero attached hydrogens (tertiary/aromatic N) is 1. The maximum Gasteiger partial charge on any atom is 0.410 e. The van der Waals surface area contributed by atoms with Gasteiger partial charge in [0, 0.05) is 13.1 Å². The van der Waals surface area contributed by atoms with E-state index in [1.54, 1.807) is 0 Å².